The third-order valence-electron chi connectivity index (χ3n) is 4.01. The molecule has 4 rings (SSSR count). The summed E-state index contributed by atoms with van der Waals surface area (Å²) >= 11 is 0. The van der Waals surface area contributed by atoms with Crippen LogP contribution in [0.4, 0.5) is 0 Å². The Balaban J connectivity index is 1.75. The molecule has 0 bridgehead atoms. The lowest BCUT2D eigenvalue weighted by Crippen LogP contribution is -2.52. The van der Waals surface area contributed by atoms with Crippen LogP contribution in [0.15, 0.2) is 76.5 Å². The number of guanidine groups is 1. The lowest BCUT2D eigenvalue weighted by atomic mass is 10.2. The molecular formula is C20H15N5O3. The third kappa shape index (κ3) is 3.56. The minimum Gasteiger partial charge on any atom is -0.294 e. The van der Waals surface area contributed by atoms with Crippen LogP contribution in [0.25, 0.3) is 6.08 Å². The highest BCUT2D eigenvalue weighted by Crippen LogP contribution is 2.22. The summed E-state index contributed by atoms with van der Waals surface area (Å²) in [5.41, 5.74) is 1.68. The molecule has 2 N–H and O–H groups in total. The Bertz CT molecular complexity index is 1020. The van der Waals surface area contributed by atoms with E-state index in [0.717, 1.165) is 10.6 Å². The number of benzene rings is 2. The molecule has 0 unspecified atom stereocenters. The maximum Gasteiger partial charge on any atom is 0.298 e. The summed E-state index contributed by atoms with van der Waals surface area (Å²) in [6, 6.07) is 18.4. The lowest BCUT2D eigenvalue weighted by Gasteiger charge is -2.18. The minimum atomic E-state index is -0.493. The number of nitrogens with zero attached hydrogens (tertiary/aromatic N) is 3. The summed E-state index contributed by atoms with van der Waals surface area (Å²) in [7, 11) is 0. The quantitative estimate of drug-likeness (QED) is 0.625. The number of hydrogen-bond acceptors (Lipinski definition) is 5. The number of amidine groups is 1. The first kappa shape index (κ1) is 17.3. The SMILES string of the molecule is O=C1CC(=O)NC(=NN2C(=O)/C(=C\c3ccccc3)N=C2c2ccccc2)N1. The molecule has 0 aromatic heterocycles. The number of nitrogens with one attached hydrogen (secondary N) is 2. The molecule has 2 heterocycles. The van der Waals surface area contributed by atoms with Crippen molar-refractivity contribution in [2.45, 2.75) is 6.42 Å². The van der Waals surface area contributed by atoms with Gasteiger partial charge >= 0.3 is 0 Å². The minimum absolute atomic E-state index is 0.112. The maximum atomic E-state index is 12.9. The summed E-state index contributed by atoms with van der Waals surface area (Å²) in [4.78, 5) is 40.6. The summed E-state index contributed by atoms with van der Waals surface area (Å²) in [5, 5.41) is 10.1. The molecule has 3 amide bonds. The predicted molar refractivity (Wildman–Crippen MR) is 103 cm³/mol. The van der Waals surface area contributed by atoms with Crippen molar-refractivity contribution in [1.82, 2.24) is 15.6 Å². The van der Waals surface area contributed by atoms with Gasteiger partial charge in [-0.05, 0) is 11.6 Å². The molecule has 2 aromatic carbocycles. The van der Waals surface area contributed by atoms with Gasteiger partial charge in [0, 0.05) is 5.56 Å². The smallest absolute Gasteiger partial charge is 0.294 e. The highest BCUT2D eigenvalue weighted by atomic mass is 16.2. The normalized spacial score (nSPS) is 18.1. The van der Waals surface area contributed by atoms with Crippen molar-refractivity contribution in [2.24, 2.45) is 10.1 Å². The Hall–Kier alpha value is -4.07. The fourth-order valence-corrected chi connectivity index (χ4v) is 2.76. The molecule has 1 saturated heterocycles. The van der Waals surface area contributed by atoms with Crippen LogP contribution < -0.4 is 10.6 Å². The molecule has 0 atom stereocenters. The Morgan fingerprint density at radius 3 is 2.14 bits per heavy atom. The maximum absolute atomic E-state index is 12.9. The highest BCUT2D eigenvalue weighted by molar-refractivity contribution is 6.21. The monoisotopic (exact) mass is 373 g/mol. The van der Waals surface area contributed by atoms with Crippen LogP contribution in [-0.2, 0) is 14.4 Å². The number of rotatable bonds is 3. The Morgan fingerprint density at radius 1 is 0.893 bits per heavy atom. The fraction of sp³-hybridized carbons (Fsp3) is 0.0500. The van der Waals surface area contributed by atoms with Gasteiger partial charge < -0.3 is 0 Å². The first-order valence-electron chi connectivity index (χ1n) is 8.54. The van der Waals surface area contributed by atoms with Gasteiger partial charge in [-0.15, -0.1) is 5.10 Å². The first-order chi connectivity index (χ1) is 13.6. The number of carbonyl (C=O) groups is 3. The van der Waals surface area contributed by atoms with E-state index in [1.54, 1.807) is 18.2 Å². The molecule has 1 fully saturated rings. The Morgan fingerprint density at radius 2 is 1.50 bits per heavy atom. The second kappa shape index (κ2) is 7.28. The van der Waals surface area contributed by atoms with Crippen LogP contribution in [0.3, 0.4) is 0 Å². The molecule has 138 valence electrons. The zero-order valence-electron chi connectivity index (χ0n) is 14.6. The van der Waals surface area contributed by atoms with Crippen molar-refractivity contribution in [1.29, 1.82) is 0 Å². The van der Waals surface area contributed by atoms with Gasteiger partial charge in [-0.25, -0.2) is 4.99 Å². The second-order valence-corrected chi connectivity index (χ2v) is 6.08. The van der Waals surface area contributed by atoms with Gasteiger partial charge in [-0.2, -0.15) is 5.01 Å². The van der Waals surface area contributed by atoms with Crippen LogP contribution in [0.2, 0.25) is 0 Å². The third-order valence-corrected chi connectivity index (χ3v) is 4.01. The van der Waals surface area contributed by atoms with E-state index in [0.29, 0.717) is 11.4 Å². The molecule has 2 aliphatic rings. The van der Waals surface area contributed by atoms with E-state index in [-0.39, 0.29) is 18.1 Å². The summed E-state index contributed by atoms with van der Waals surface area (Å²) in [6.45, 7) is 0. The predicted octanol–water partition coefficient (Wildman–Crippen LogP) is 1.22. The number of amides is 3. The van der Waals surface area contributed by atoms with Crippen LogP contribution in [-0.4, -0.2) is 34.5 Å². The van der Waals surface area contributed by atoms with E-state index in [1.165, 1.54) is 0 Å². The van der Waals surface area contributed by atoms with Crippen LogP contribution in [0.5, 0.6) is 0 Å². The van der Waals surface area contributed by atoms with E-state index >= 15 is 0 Å². The molecule has 0 spiro atoms. The molecule has 28 heavy (non-hydrogen) atoms. The Kier molecular flexibility index (Phi) is 4.51. The van der Waals surface area contributed by atoms with E-state index in [9.17, 15) is 14.4 Å². The zero-order chi connectivity index (χ0) is 19.5. The largest absolute Gasteiger partial charge is 0.298 e. The van der Waals surface area contributed by atoms with Gasteiger partial charge in [0.2, 0.25) is 17.8 Å². The summed E-state index contributed by atoms with van der Waals surface area (Å²) in [6.07, 6.45) is 1.37. The van der Waals surface area contributed by atoms with Crippen LogP contribution in [0.1, 0.15) is 17.5 Å². The molecule has 2 aliphatic heterocycles. The van der Waals surface area contributed by atoms with Crippen molar-refractivity contribution in [2.75, 3.05) is 0 Å². The van der Waals surface area contributed by atoms with Crippen molar-refractivity contribution >= 4 is 35.6 Å². The van der Waals surface area contributed by atoms with E-state index in [1.807, 2.05) is 48.5 Å². The molecule has 8 nitrogen and oxygen atoms in total. The van der Waals surface area contributed by atoms with Crippen molar-refractivity contribution in [3.8, 4) is 0 Å². The molecule has 0 saturated carbocycles. The van der Waals surface area contributed by atoms with Gasteiger partial charge in [0.25, 0.3) is 5.91 Å². The number of hydrogen-bond donors (Lipinski definition) is 2. The molecular weight excluding hydrogens is 358 g/mol. The van der Waals surface area contributed by atoms with Gasteiger partial charge in [-0.1, -0.05) is 60.7 Å². The highest BCUT2D eigenvalue weighted by Gasteiger charge is 2.33. The topological polar surface area (TPSA) is 103 Å². The summed E-state index contributed by atoms with van der Waals surface area (Å²) in [5.74, 6) is -1.27. The van der Waals surface area contributed by atoms with Crippen molar-refractivity contribution in [3.63, 3.8) is 0 Å². The van der Waals surface area contributed by atoms with Gasteiger partial charge in [-0.3, -0.25) is 25.0 Å². The fourth-order valence-electron chi connectivity index (χ4n) is 2.76. The summed E-state index contributed by atoms with van der Waals surface area (Å²) < 4.78 is 0. The number of carbonyl (C=O) groups excluding carboxylic acids is 3. The first-order valence-corrected chi connectivity index (χ1v) is 8.54. The second-order valence-electron chi connectivity index (χ2n) is 6.08. The van der Waals surface area contributed by atoms with Crippen molar-refractivity contribution in [3.05, 3.63) is 77.5 Å². The van der Waals surface area contributed by atoms with E-state index in [4.69, 9.17) is 0 Å². The zero-order valence-corrected chi connectivity index (χ0v) is 14.6. The van der Waals surface area contributed by atoms with Crippen LogP contribution in [0, 0.1) is 0 Å². The average molecular weight is 373 g/mol. The van der Waals surface area contributed by atoms with Gasteiger partial charge in [0.05, 0.1) is 0 Å². The molecule has 8 heteroatoms. The average Bonchev–Trinajstić information content (AvgIpc) is 2.98. The molecule has 2 aromatic rings. The van der Waals surface area contributed by atoms with Gasteiger partial charge in [0.1, 0.15) is 12.1 Å². The molecule has 0 radical (unpaired) electrons. The van der Waals surface area contributed by atoms with Crippen molar-refractivity contribution < 1.29 is 14.4 Å². The number of aliphatic imine (C=N–C) groups is 1. The van der Waals surface area contributed by atoms with Gasteiger partial charge in [0.15, 0.2) is 5.84 Å². The van der Waals surface area contributed by atoms with E-state index in [2.05, 4.69) is 20.7 Å². The van der Waals surface area contributed by atoms with Crippen LogP contribution >= 0.6 is 0 Å². The van der Waals surface area contributed by atoms with E-state index < -0.39 is 17.7 Å². The lowest BCUT2D eigenvalue weighted by molar-refractivity contribution is -0.129. The Labute approximate surface area is 160 Å². The standard InChI is InChI=1S/C20H15N5O3/c26-16-12-17(27)23-20(22-16)24-25-18(14-9-5-2-6-10-14)21-15(19(25)28)11-13-7-3-1-4-8-13/h1-11H,12H2,(H2,22,23,24,26,27)/b15-11+. The molecule has 0 aliphatic carbocycles. The number of hydrazone groups is 1.